The molecular weight excluding hydrogens is 329 g/mol. The van der Waals surface area contributed by atoms with Gasteiger partial charge in [0.25, 0.3) is 0 Å². The molecule has 2 N–H and O–H groups in total. The van der Waals surface area contributed by atoms with Crippen LogP contribution in [0.1, 0.15) is 33.9 Å². The maximum atomic E-state index is 13.3. The summed E-state index contributed by atoms with van der Waals surface area (Å²) in [4.78, 5) is 2.33. The number of nitrogens with two attached hydrogens (primary N) is 1. The van der Waals surface area contributed by atoms with Crippen molar-refractivity contribution in [1.29, 1.82) is 0 Å². The van der Waals surface area contributed by atoms with Crippen LogP contribution in [-0.4, -0.2) is 0 Å². The van der Waals surface area contributed by atoms with Crippen LogP contribution in [0.2, 0.25) is 0 Å². The highest BCUT2D eigenvalue weighted by atomic mass is 79.9. The SMILES string of the molecule is Cc1sc(C2C[C@H](N)c3ccc(F)cc3O2)cc1Br. The van der Waals surface area contributed by atoms with Gasteiger partial charge in [0.2, 0.25) is 0 Å². The second kappa shape index (κ2) is 4.89. The summed E-state index contributed by atoms with van der Waals surface area (Å²) >= 11 is 5.19. The van der Waals surface area contributed by atoms with Gasteiger partial charge in [0.05, 0.1) is 0 Å². The van der Waals surface area contributed by atoms with Crippen LogP contribution < -0.4 is 10.5 Å². The molecule has 0 spiro atoms. The minimum absolute atomic E-state index is 0.0979. The zero-order chi connectivity index (χ0) is 13.6. The van der Waals surface area contributed by atoms with Crippen molar-refractivity contribution in [2.45, 2.75) is 25.5 Å². The molecule has 19 heavy (non-hydrogen) atoms. The van der Waals surface area contributed by atoms with E-state index >= 15 is 0 Å². The number of ether oxygens (including phenoxy) is 1. The van der Waals surface area contributed by atoms with Crippen LogP contribution in [0.3, 0.4) is 0 Å². The quantitative estimate of drug-likeness (QED) is 0.829. The maximum Gasteiger partial charge on any atom is 0.135 e. The Balaban J connectivity index is 1.96. The smallest absolute Gasteiger partial charge is 0.135 e. The summed E-state index contributed by atoms with van der Waals surface area (Å²) in [6.45, 7) is 2.05. The summed E-state index contributed by atoms with van der Waals surface area (Å²) in [5.74, 6) is 0.265. The molecule has 0 aliphatic carbocycles. The van der Waals surface area contributed by atoms with Crippen molar-refractivity contribution >= 4 is 27.3 Å². The highest BCUT2D eigenvalue weighted by Crippen LogP contribution is 2.42. The van der Waals surface area contributed by atoms with Crippen LogP contribution in [-0.2, 0) is 0 Å². The molecule has 0 saturated heterocycles. The number of hydrogen-bond acceptors (Lipinski definition) is 3. The van der Waals surface area contributed by atoms with Crippen molar-refractivity contribution in [1.82, 2.24) is 0 Å². The molecule has 0 amide bonds. The van der Waals surface area contributed by atoms with Crippen molar-refractivity contribution in [2.75, 3.05) is 0 Å². The van der Waals surface area contributed by atoms with E-state index in [-0.39, 0.29) is 18.0 Å². The maximum absolute atomic E-state index is 13.3. The van der Waals surface area contributed by atoms with E-state index in [1.54, 1.807) is 17.4 Å². The average molecular weight is 342 g/mol. The Hall–Kier alpha value is -0.910. The van der Waals surface area contributed by atoms with Gasteiger partial charge in [0, 0.05) is 38.3 Å². The third-order valence-corrected chi connectivity index (χ3v) is 5.53. The molecule has 100 valence electrons. The topological polar surface area (TPSA) is 35.2 Å². The predicted molar refractivity (Wildman–Crippen MR) is 78.1 cm³/mol. The van der Waals surface area contributed by atoms with Gasteiger partial charge in [-0.25, -0.2) is 4.39 Å². The molecular formula is C14H13BrFNOS. The van der Waals surface area contributed by atoms with Crippen LogP contribution in [0.15, 0.2) is 28.7 Å². The molecule has 2 atom stereocenters. The molecule has 1 aliphatic rings. The van der Waals surface area contributed by atoms with Gasteiger partial charge < -0.3 is 10.5 Å². The van der Waals surface area contributed by atoms with Crippen LogP contribution in [0.5, 0.6) is 5.75 Å². The zero-order valence-corrected chi connectivity index (χ0v) is 12.7. The molecule has 0 saturated carbocycles. The van der Waals surface area contributed by atoms with Crippen LogP contribution in [0.4, 0.5) is 4.39 Å². The largest absolute Gasteiger partial charge is 0.484 e. The van der Waals surface area contributed by atoms with Gasteiger partial charge in [0.15, 0.2) is 0 Å². The van der Waals surface area contributed by atoms with E-state index in [4.69, 9.17) is 10.5 Å². The molecule has 2 nitrogen and oxygen atoms in total. The first-order chi connectivity index (χ1) is 9.04. The van der Waals surface area contributed by atoms with Crippen molar-refractivity contribution in [3.05, 3.63) is 49.9 Å². The normalized spacial score (nSPS) is 21.9. The fraction of sp³-hybridized carbons (Fsp3) is 0.286. The number of benzene rings is 1. The summed E-state index contributed by atoms with van der Waals surface area (Å²) in [7, 11) is 0. The molecule has 5 heteroatoms. The summed E-state index contributed by atoms with van der Waals surface area (Å²) in [6, 6.07) is 6.49. The second-order valence-electron chi connectivity index (χ2n) is 4.68. The van der Waals surface area contributed by atoms with E-state index in [0.717, 1.165) is 14.9 Å². The standard InChI is InChI=1S/C14H13BrFNOS/c1-7-10(15)5-14(19-7)13-6-11(17)9-3-2-8(16)4-12(9)18-13/h2-5,11,13H,6,17H2,1H3/t11-,13?/m0/s1. The van der Waals surface area contributed by atoms with Gasteiger partial charge in [-0.3, -0.25) is 0 Å². The monoisotopic (exact) mass is 341 g/mol. The summed E-state index contributed by atoms with van der Waals surface area (Å²) in [5, 5.41) is 0. The summed E-state index contributed by atoms with van der Waals surface area (Å²) in [6.07, 6.45) is 0.615. The third-order valence-electron chi connectivity index (χ3n) is 3.31. The van der Waals surface area contributed by atoms with Crippen LogP contribution >= 0.6 is 27.3 Å². The van der Waals surface area contributed by atoms with Crippen LogP contribution in [0, 0.1) is 12.7 Å². The molecule has 3 rings (SSSR count). The Bertz CT molecular complexity index is 608. The lowest BCUT2D eigenvalue weighted by Gasteiger charge is -2.29. The Morgan fingerprint density at radius 3 is 2.89 bits per heavy atom. The molecule has 1 aromatic carbocycles. The Labute approximate surface area is 123 Å². The number of fused-ring (bicyclic) bond motifs is 1. The molecule has 1 aromatic heterocycles. The first-order valence-electron chi connectivity index (χ1n) is 6.02. The summed E-state index contributed by atoms with van der Waals surface area (Å²) < 4.78 is 20.3. The second-order valence-corrected chi connectivity index (χ2v) is 6.83. The first kappa shape index (κ1) is 13.1. The lowest BCUT2D eigenvalue weighted by molar-refractivity contribution is 0.164. The average Bonchev–Trinajstić information content (AvgIpc) is 2.69. The minimum atomic E-state index is -0.296. The molecule has 2 heterocycles. The van der Waals surface area contributed by atoms with E-state index < -0.39 is 0 Å². The number of rotatable bonds is 1. The molecule has 0 radical (unpaired) electrons. The van der Waals surface area contributed by atoms with Gasteiger partial charge in [-0.15, -0.1) is 11.3 Å². The van der Waals surface area contributed by atoms with Crippen molar-refractivity contribution in [3.8, 4) is 5.75 Å². The summed E-state index contributed by atoms with van der Waals surface area (Å²) in [5.41, 5.74) is 7.04. The number of aryl methyl sites for hydroxylation is 1. The van der Waals surface area contributed by atoms with Gasteiger partial charge in [-0.1, -0.05) is 6.07 Å². The fourth-order valence-electron chi connectivity index (χ4n) is 2.29. The number of halogens is 2. The predicted octanol–water partition coefficient (Wildman–Crippen LogP) is 4.48. The number of hydrogen-bond donors (Lipinski definition) is 1. The van der Waals surface area contributed by atoms with E-state index in [2.05, 4.69) is 28.9 Å². The fourth-order valence-corrected chi connectivity index (χ4v) is 3.89. The molecule has 0 bridgehead atoms. The Morgan fingerprint density at radius 1 is 1.42 bits per heavy atom. The van der Waals surface area contributed by atoms with E-state index in [0.29, 0.717) is 12.2 Å². The van der Waals surface area contributed by atoms with E-state index in [1.165, 1.54) is 17.0 Å². The molecule has 0 fully saturated rings. The van der Waals surface area contributed by atoms with E-state index in [9.17, 15) is 4.39 Å². The minimum Gasteiger partial charge on any atom is -0.484 e. The Morgan fingerprint density at radius 2 is 2.21 bits per heavy atom. The highest BCUT2D eigenvalue weighted by Gasteiger charge is 2.28. The van der Waals surface area contributed by atoms with Gasteiger partial charge >= 0.3 is 0 Å². The molecule has 1 aliphatic heterocycles. The Kier molecular flexibility index (Phi) is 3.37. The zero-order valence-electron chi connectivity index (χ0n) is 10.3. The van der Waals surface area contributed by atoms with Crippen molar-refractivity contribution in [2.24, 2.45) is 5.73 Å². The van der Waals surface area contributed by atoms with Gasteiger partial charge in [0.1, 0.15) is 17.7 Å². The highest BCUT2D eigenvalue weighted by molar-refractivity contribution is 9.10. The first-order valence-corrected chi connectivity index (χ1v) is 7.63. The molecule has 2 aromatic rings. The van der Waals surface area contributed by atoms with Crippen molar-refractivity contribution in [3.63, 3.8) is 0 Å². The lowest BCUT2D eigenvalue weighted by Crippen LogP contribution is -2.23. The third kappa shape index (κ3) is 2.42. The van der Waals surface area contributed by atoms with Gasteiger partial charge in [-0.2, -0.15) is 0 Å². The van der Waals surface area contributed by atoms with Crippen molar-refractivity contribution < 1.29 is 9.13 Å². The van der Waals surface area contributed by atoms with Crippen LogP contribution in [0.25, 0.3) is 0 Å². The lowest BCUT2D eigenvalue weighted by atomic mass is 9.96. The molecule has 1 unspecified atom stereocenters. The van der Waals surface area contributed by atoms with Gasteiger partial charge in [-0.05, 0) is 35.0 Å². The number of thiophene rings is 1. The van der Waals surface area contributed by atoms with E-state index in [1.807, 2.05) is 0 Å².